The van der Waals surface area contributed by atoms with Crippen LogP contribution < -0.4 is 4.90 Å². The molecule has 0 unspecified atom stereocenters. The zero-order chi connectivity index (χ0) is 44.3. The average molecular weight is 853 g/mol. The molecule has 1 heterocycles. The first-order valence-corrected chi connectivity index (χ1v) is 23.2. The van der Waals surface area contributed by atoms with Crippen molar-refractivity contribution in [2.24, 2.45) is 0 Å². The Balaban J connectivity index is 0.980. The summed E-state index contributed by atoms with van der Waals surface area (Å²) in [7, 11) is 0. The minimum atomic E-state index is -0.566. The summed E-state index contributed by atoms with van der Waals surface area (Å²) < 4.78 is 2.38. The maximum absolute atomic E-state index is 2.50. The molecule has 0 saturated carbocycles. The van der Waals surface area contributed by atoms with Gasteiger partial charge in [-0.3, -0.25) is 0 Å². The van der Waals surface area contributed by atoms with Gasteiger partial charge in [-0.2, -0.15) is 0 Å². The van der Waals surface area contributed by atoms with E-state index in [0.29, 0.717) is 0 Å². The van der Waals surface area contributed by atoms with Crippen molar-refractivity contribution < 1.29 is 0 Å². The minimum Gasteiger partial charge on any atom is -0.310 e. The molecule has 0 N–H and O–H groups in total. The summed E-state index contributed by atoms with van der Waals surface area (Å²) in [4.78, 5) is 2.38. The molecule has 0 bridgehead atoms. The molecule has 13 rings (SSSR count). The molecule has 314 valence electrons. The highest BCUT2D eigenvalue weighted by molar-refractivity contribution is 6.12. The summed E-state index contributed by atoms with van der Waals surface area (Å²) in [6, 6.07) is 98.0. The summed E-state index contributed by atoms with van der Waals surface area (Å²) in [5.41, 5.74) is 18.8. The van der Waals surface area contributed by atoms with Gasteiger partial charge in [-0.1, -0.05) is 194 Å². The van der Waals surface area contributed by atoms with Crippen molar-refractivity contribution in [3.8, 4) is 39.1 Å². The van der Waals surface area contributed by atoms with Gasteiger partial charge in [0.25, 0.3) is 0 Å². The lowest BCUT2D eigenvalue weighted by atomic mass is 9.67. The Morgan fingerprint density at radius 1 is 0.299 bits per heavy atom. The first kappa shape index (κ1) is 38.7. The van der Waals surface area contributed by atoms with Crippen LogP contribution in [0.5, 0.6) is 0 Å². The second-order valence-electron chi connectivity index (χ2n) is 17.6. The molecule has 1 aliphatic carbocycles. The molecular weight excluding hydrogens is 809 g/mol. The van der Waals surface area contributed by atoms with Gasteiger partial charge >= 0.3 is 0 Å². The number of hydrogen-bond acceptors (Lipinski definition) is 1. The van der Waals surface area contributed by atoms with E-state index in [9.17, 15) is 0 Å². The second kappa shape index (κ2) is 15.8. The number of para-hydroxylation sites is 3. The van der Waals surface area contributed by atoms with Crippen molar-refractivity contribution in [2.75, 3.05) is 4.90 Å². The molecule has 1 aliphatic rings. The average Bonchev–Trinajstić information content (AvgIpc) is 3.90. The minimum absolute atomic E-state index is 0.566. The van der Waals surface area contributed by atoms with Crippen LogP contribution in [-0.2, 0) is 5.41 Å². The summed E-state index contributed by atoms with van der Waals surface area (Å²) in [6.45, 7) is 0. The zero-order valence-electron chi connectivity index (χ0n) is 36.8. The number of rotatable bonds is 8. The number of aromatic nitrogens is 1. The quantitative estimate of drug-likeness (QED) is 0.148. The van der Waals surface area contributed by atoms with Gasteiger partial charge < -0.3 is 9.47 Å². The normalized spacial score (nSPS) is 12.6. The SMILES string of the molecule is c1ccc(-c2cc3c(c4ccccc24)-c2ccc(-c4ccc(N(c5ccccc5)c5ccc6c(c5)c5ccccc5n6-c5ccccc5)cc4)cc2C3(c2ccccc2)c2ccccc2)cc1. The Bertz CT molecular complexity index is 3720. The van der Waals surface area contributed by atoms with Crippen LogP contribution in [0.1, 0.15) is 22.3 Å². The molecule has 11 aromatic carbocycles. The number of hydrogen-bond donors (Lipinski definition) is 0. The topological polar surface area (TPSA) is 8.17 Å². The van der Waals surface area contributed by atoms with E-state index in [1.54, 1.807) is 0 Å². The van der Waals surface area contributed by atoms with Gasteiger partial charge in [0.15, 0.2) is 0 Å². The van der Waals surface area contributed by atoms with E-state index in [1.165, 1.54) is 88.2 Å². The summed E-state index contributed by atoms with van der Waals surface area (Å²) in [6.07, 6.45) is 0. The smallest absolute Gasteiger partial charge is 0.0714 e. The third-order valence-corrected chi connectivity index (χ3v) is 14.0. The third-order valence-electron chi connectivity index (χ3n) is 14.0. The maximum atomic E-state index is 2.50. The van der Waals surface area contributed by atoms with Gasteiger partial charge in [0.2, 0.25) is 0 Å². The molecular formula is C65H44N2. The van der Waals surface area contributed by atoms with E-state index in [0.717, 1.165) is 22.7 Å². The van der Waals surface area contributed by atoms with E-state index in [2.05, 4.69) is 276 Å². The molecule has 12 aromatic rings. The van der Waals surface area contributed by atoms with E-state index in [4.69, 9.17) is 0 Å². The number of nitrogens with zero attached hydrogens (tertiary/aromatic N) is 2. The second-order valence-corrected chi connectivity index (χ2v) is 17.6. The van der Waals surface area contributed by atoms with Crippen LogP contribution in [0.4, 0.5) is 17.1 Å². The summed E-state index contributed by atoms with van der Waals surface area (Å²) >= 11 is 0. The lowest BCUT2D eigenvalue weighted by Crippen LogP contribution is -2.28. The Morgan fingerprint density at radius 2 is 0.821 bits per heavy atom. The third kappa shape index (κ3) is 6.11. The molecule has 1 aromatic heterocycles. The summed E-state index contributed by atoms with van der Waals surface area (Å²) in [5, 5.41) is 4.99. The number of anilines is 3. The van der Waals surface area contributed by atoms with Crippen molar-refractivity contribution >= 4 is 49.6 Å². The van der Waals surface area contributed by atoms with Crippen LogP contribution in [0.2, 0.25) is 0 Å². The molecule has 2 heteroatoms. The fourth-order valence-corrected chi connectivity index (χ4v) is 11.2. The van der Waals surface area contributed by atoms with E-state index < -0.39 is 5.41 Å². The maximum Gasteiger partial charge on any atom is 0.0714 e. The van der Waals surface area contributed by atoms with Crippen LogP contribution in [0, 0.1) is 0 Å². The van der Waals surface area contributed by atoms with Crippen LogP contribution in [0.25, 0.3) is 71.6 Å². The molecule has 67 heavy (non-hydrogen) atoms. The largest absolute Gasteiger partial charge is 0.310 e. The highest BCUT2D eigenvalue weighted by atomic mass is 15.1. The Kier molecular flexibility index (Phi) is 9.11. The highest BCUT2D eigenvalue weighted by Crippen LogP contribution is 2.59. The van der Waals surface area contributed by atoms with Crippen LogP contribution in [-0.4, -0.2) is 4.57 Å². The molecule has 0 spiro atoms. The summed E-state index contributed by atoms with van der Waals surface area (Å²) in [5.74, 6) is 0. The molecule has 0 atom stereocenters. The van der Waals surface area contributed by atoms with Gasteiger partial charge in [-0.25, -0.2) is 0 Å². The van der Waals surface area contributed by atoms with Crippen molar-refractivity contribution in [3.05, 3.63) is 289 Å². The standard InChI is InChI=1S/C65H44N2/c1-6-20-46(21-7-1)58-44-61-64(56-32-17-16-30-54(56)58)57-40-36-47(42-60(57)65(61,48-22-8-2-9-23-48)49-24-10-3-11-25-49)45-34-37-52(38-35-45)66(50-26-12-4-13-27-50)53-39-41-63-59(43-53)55-31-18-19-33-62(55)67(63)51-28-14-5-15-29-51/h1-44H. The Labute approximate surface area is 390 Å². The monoisotopic (exact) mass is 852 g/mol. The lowest BCUT2D eigenvalue weighted by Gasteiger charge is -2.34. The Morgan fingerprint density at radius 3 is 1.51 bits per heavy atom. The molecule has 0 radical (unpaired) electrons. The van der Waals surface area contributed by atoms with Crippen LogP contribution in [0.3, 0.4) is 0 Å². The van der Waals surface area contributed by atoms with E-state index >= 15 is 0 Å². The fraction of sp³-hybridized carbons (Fsp3) is 0.0154. The Hall–Kier alpha value is -8.72. The number of fused-ring (bicyclic) bond motifs is 8. The fourth-order valence-electron chi connectivity index (χ4n) is 11.2. The van der Waals surface area contributed by atoms with Gasteiger partial charge in [-0.05, 0) is 139 Å². The predicted molar refractivity (Wildman–Crippen MR) is 281 cm³/mol. The molecule has 0 fully saturated rings. The van der Waals surface area contributed by atoms with E-state index in [-0.39, 0.29) is 0 Å². The first-order valence-electron chi connectivity index (χ1n) is 23.2. The van der Waals surface area contributed by atoms with Crippen molar-refractivity contribution in [3.63, 3.8) is 0 Å². The van der Waals surface area contributed by atoms with Crippen molar-refractivity contribution in [1.82, 2.24) is 4.57 Å². The number of benzene rings is 11. The van der Waals surface area contributed by atoms with Crippen molar-refractivity contribution in [2.45, 2.75) is 5.41 Å². The van der Waals surface area contributed by atoms with Crippen LogP contribution >= 0.6 is 0 Å². The van der Waals surface area contributed by atoms with Crippen molar-refractivity contribution in [1.29, 1.82) is 0 Å². The predicted octanol–water partition coefficient (Wildman–Crippen LogP) is 17.1. The molecule has 0 saturated heterocycles. The molecule has 0 amide bonds. The van der Waals surface area contributed by atoms with Gasteiger partial charge in [0.1, 0.15) is 0 Å². The molecule has 2 nitrogen and oxygen atoms in total. The molecule has 0 aliphatic heterocycles. The van der Waals surface area contributed by atoms with Gasteiger partial charge in [0, 0.05) is 33.5 Å². The van der Waals surface area contributed by atoms with Gasteiger partial charge in [-0.15, -0.1) is 0 Å². The van der Waals surface area contributed by atoms with Crippen LogP contribution in [0.15, 0.2) is 267 Å². The van der Waals surface area contributed by atoms with Gasteiger partial charge in [0.05, 0.1) is 16.4 Å². The lowest BCUT2D eigenvalue weighted by molar-refractivity contribution is 0.769. The van der Waals surface area contributed by atoms with E-state index in [1.807, 2.05) is 0 Å². The zero-order valence-corrected chi connectivity index (χ0v) is 36.8. The first-order chi connectivity index (χ1) is 33.3. The highest BCUT2D eigenvalue weighted by Gasteiger charge is 2.47.